The van der Waals surface area contributed by atoms with E-state index >= 15 is 0 Å². The summed E-state index contributed by atoms with van der Waals surface area (Å²) in [7, 11) is 0. The lowest BCUT2D eigenvalue weighted by Crippen LogP contribution is -2.50. The van der Waals surface area contributed by atoms with E-state index in [-0.39, 0.29) is 17.0 Å². The Hall–Kier alpha value is -1.88. The van der Waals surface area contributed by atoms with Gasteiger partial charge >= 0.3 is 0 Å². The van der Waals surface area contributed by atoms with E-state index in [9.17, 15) is 8.78 Å². The Kier molecular flexibility index (Phi) is 8.92. The molecule has 0 saturated carbocycles. The second kappa shape index (κ2) is 10.8. The minimum atomic E-state index is -2.81. The van der Waals surface area contributed by atoms with E-state index in [1.807, 2.05) is 12.1 Å². The highest BCUT2D eigenvalue weighted by molar-refractivity contribution is 5.30. The van der Waals surface area contributed by atoms with Gasteiger partial charge in [-0.05, 0) is 43.7 Å². The van der Waals surface area contributed by atoms with Gasteiger partial charge in [0.15, 0.2) is 5.88 Å². The molecule has 1 aromatic carbocycles. The van der Waals surface area contributed by atoms with Gasteiger partial charge in [0.2, 0.25) is 0 Å². The second-order valence-electron chi connectivity index (χ2n) is 10.5. The zero-order valence-electron chi connectivity index (χ0n) is 21.0. The molecule has 1 fully saturated rings. The summed E-state index contributed by atoms with van der Waals surface area (Å²) in [5.74, 6) is -1.56. The number of piperazine rings is 1. The first-order chi connectivity index (χ1) is 14.8. The van der Waals surface area contributed by atoms with Gasteiger partial charge in [0.1, 0.15) is 0 Å². The molecule has 1 heterocycles. The summed E-state index contributed by atoms with van der Waals surface area (Å²) in [5.41, 5.74) is 2.30. The molecule has 2 rings (SSSR count). The topological polar surface area (TPSA) is 15.7 Å². The van der Waals surface area contributed by atoms with Crippen LogP contribution in [0.1, 0.15) is 66.0 Å². The summed E-state index contributed by atoms with van der Waals surface area (Å²) in [5, 5.41) is 0. The van der Waals surface area contributed by atoms with Gasteiger partial charge in [-0.1, -0.05) is 63.6 Å². The molecule has 1 unspecified atom stereocenters. The molecule has 0 bridgehead atoms. The summed E-state index contributed by atoms with van der Waals surface area (Å²) in [6.07, 6.45) is 3.26. The van der Waals surface area contributed by atoms with Crippen molar-refractivity contribution in [1.82, 2.24) is 9.80 Å². The molecule has 32 heavy (non-hydrogen) atoms. The van der Waals surface area contributed by atoms with Gasteiger partial charge in [0.25, 0.3) is 5.92 Å². The molecule has 1 saturated heterocycles. The van der Waals surface area contributed by atoms with E-state index in [1.54, 1.807) is 12.1 Å². The van der Waals surface area contributed by atoms with Crippen molar-refractivity contribution in [2.24, 2.45) is 5.92 Å². The van der Waals surface area contributed by atoms with Crippen LogP contribution in [0.15, 0.2) is 48.4 Å². The molecule has 180 valence electrons. The highest BCUT2D eigenvalue weighted by atomic mass is 19.3. The van der Waals surface area contributed by atoms with Crippen LogP contribution in [-0.4, -0.2) is 48.6 Å². The van der Waals surface area contributed by atoms with Crippen LogP contribution in [0.3, 0.4) is 0 Å². The van der Waals surface area contributed by atoms with E-state index in [4.69, 9.17) is 4.74 Å². The number of hydrogen-bond donors (Lipinski definition) is 0. The van der Waals surface area contributed by atoms with Gasteiger partial charge in [-0.2, -0.15) is 0 Å². The van der Waals surface area contributed by atoms with Crippen molar-refractivity contribution in [1.29, 1.82) is 0 Å². The second-order valence-corrected chi connectivity index (χ2v) is 10.5. The van der Waals surface area contributed by atoms with Crippen LogP contribution >= 0.6 is 0 Å². The molecule has 0 N–H and O–H groups in total. The summed E-state index contributed by atoms with van der Waals surface area (Å²) < 4.78 is 33.1. The quantitative estimate of drug-likeness (QED) is 0.298. The number of benzene rings is 1. The predicted molar refractivity (Wildman–Crippen MR) is 130 cm³/mol. The molecular formula is C27H42F2N2O. The molecule has 1 aromatic rings. The molecular weight excluding hydrogens is 406 g/mol. The van der Waals surface area contributed by atoms with Crippen molar-refractivity contribution in [3.05, 3.63) is 59.5 Å². The van der Waals surface area contributed by atoms with Gasteiger partial charge in [-0.15, -0.1) is 0 Å². The summed E-state index contributed by atoms with van der Waals surface area (Å²) in [6.45, 7) is 22.4. The number of hydrogen-bond acceptors (Lipinski definition) is 3. The van der Waals surface area contributed by atoms with Crippen LogP contribution in [0.25, 0.3) is 0 Å². The Bertz CT molecular complexity index is 766. The number of alkyl halides is 2. The zero-order valence-corrected chi connectivity index (χ0v) is 21.0. The van der Waals surface area contributed by atoms with Crippen LogP contribution in [0.5, 0.6) is 0 Å². The van der Waals surface area contributed by atoms with E-state index in [1.165, 1.54) is 5.57 Å². The predicted octanol–water partition coefficient (Wildman–Crippen LogP) is 6.56. The summed E-state index contributed by atoms with van der Waals surface area (Å²) in [4.78, 5) is 4.75. The molecule has 1 aliphatic rings. The number of allylic oxidation sites excluding steroid dienone is 1. The van der Waals surface area contributed by atoms with E-state index in [0.29, 0.717) is 12.5 Å². The van der Waals surface area contributed by atoms with Gasteiger partial charge in [-0.3, -0.25) is 4.90 Å². The molecule has 0 amide bonds. The molecule has 3 nitrogen and oxygen atoms in total. The fourth-order valence-electron chi connectivity index (χ4n) is 4.19. The number of nitrogens with zero attached hydrogens (tertiary/aromatic N) is 2. The third kappa shape index (κ3) is 7.61. The zero-order chi connectivity index (χ0) is 24.1. The Labute approximate surface area is 194 Å². The molecule has 1 atom stereocenters. The molecule has 0 spiro atoms. The van der Waals surface area contributed by atoms with Crippen molar-refractivity contribution >= 4 is 0 Å². The maximum absolute atomic E-state index is 13.6. The van der Waals surface area contributed by atoms with Crippen molar-refractivity contribution < 1.29 is 13.5 Å². The lowest BCUT2D eigenvalue weighted by molar-refractivity contribution is 0.0174. The highest BCUT2D eigenvalue weighted by Crippen LogP contribution is 2.34. The minimum Gasteiger partial charge on any atom is -0.479 e. The standard InChI is InChI=1S/C27H42F2N2O/c1-20(2)17-25(31-15-13-30(14-16-31)22(5)32-19-21(3)4)18-26(6,7)23-9-11-24(12-10-23)27(8,28)29/h9-12,17,21,25H,5,13-16,18-19H2,1-4,6-8H3. The average molecular weight is 449 g/mol. The molecule has 5 heteroatoms. The fourth-order valence-corrected chi connectivity index (χ4v) is 4.19. The van der Waals surface area contributed by atoms with E-state index in [0.717, 1.165) is 51.0 Å². The van der Waals surface area contributed by atoms with Gasteiger partial charge in [0.05, 0.1) is 6.61 Å². The smallest absolute Gasteiger partial charge is 0.270 e. The lowest BCUT2D eigenvalue weighted by atomic mass is 9.78. The normalized spacial score (nSPS) is 16.8. The van der Waals surface area contributed by atoms with Crippen molar-refractivity contribution in [2.75, 3.05) is 32.8 Å². The van der Waals surface area contributed by atoms with Crippen LogP contribution in [0.2, 0.25) is 0 Å². The third-order valence-corrected chi connectivity index (χ3v) is 6.14. The Balaban J connectivity index is 2.07. The SMILES string of the molecule is C=C(OCC(C)C)N1CCN(C(C=C(C)C)CC(C)(C)c2ccc(C(C)(F)F)cc2)CC1. The fraction of sp³-hybridized carbons (Fsp3) is 0.630. The van der Waals surface area contributed by atoms with Crippen molar-refractivity contribution in [3.63, 3.8) is 0 Å². The van der Waals surface area contributed by atoms with Crippen LogP contribution in [0, 0.1) is 5.92 Å². The average Bonchev–Trinajstić information content (AvgIpc) is 2.70. The maximum atomic E-state index is 13.6. The van der Waals surface area contributed by atoms with Crippen LogP contribution < -0.4 is 0 Å². The van der Waals surface area contributed by atoms with E-state index in [2.05, 4.69) is 64.0 Å². The van der Waals surface area contributed by atoms with Crippen molar-refractivity contribution in [2.45, 2.75) is 72.3 Å². The Morgan fingerprint density at radius 2 is 1.56 bits per heavy atom. The van der Waals surface area contributed by atoms with Gasteiger partial charge in [-0.25, -0.2) is 8.78 Å². The number of rotatable bonds is 10. The number of ether oxygens (including phenoxy) is 1. The minimum absolute atomic E-state index is 0.0638. The Morgan fingerprint density at radius 1 is 1.03 bits per heavy atom. The largest absolute Gasteiger partial charge is 0.479 e. The Morgan fingerprint density at radius 3 is 2.03 bits per heavy atom. The molecule has 1 aliphatic heterocycles. The molecule has 0 aromatic heterocycles. The first-order valence-electron chi connectivity index (χ1n) is 11.7. The van der Waals surface area contributed by atoms with Crippen LogP contribution in [0.4, 0.5) is 8.78 Å². The first kappa shape index (κ1) is 26.4. The maximum Gasteiger partial charge on any atom is 0.270 e. The highest BCUT2D eigenvalue weighted by Gasteiger charge is 2.31. The first-order valence-corrected chi connectivity index (χ1v) is 11.7. The van der Waals surface area contributed by atoms with Crippen molar-refractivity contribution in [3.8, 4) is 0 Å². The van der Waals surface area contributed by atoms with Gasteiger partial charge in [0, 0.05) is 44.7 Å². The summed E-state index contributed by atoms with van der Waals surface area (Å²) in [6, 6.07) is 7.14. The number of halogens is 2. The molecule has 0 aliphatic carbocycles. The van der Waals surface area contributed by atoms with Crippen LogP contribution in [-0.2, 0) is 16.1 Å². The van der Waals surface area contributed by atoms with Gasteiger partial charge < -0.3 is 9.64 Å². The monoisotopic (exact) mass is 448 g/mol. The third-order valence-electron chi connectivity index (χ3n) is 6.14. The van der Waals surface area contributed by atoms with E-state index < -0.39 is 5.92 Å². The molecule has 0 radical (unpaired) electrons. The summed E-state index contributed by atoms with van der Waals surface area (Å²) >= 11 is 0. The lowest BCUT2D eigenvalue weighted by Gasteiger charge is -2.42.